The van der Waals surface area contributed by atoms with E-state index < -0.39 is 0 Å². The number of hydrogen-bond acceptors (Lipinski definition) is 6. The van der Waals surface area contributed by atoms with E-state index >= 15 is 0 Å². The molecule has 0 amide bonds. The Labute approximate surface area is 154 Å². The highest BCUT2D eigenvalue weighted by Crippen LogP contribution is 2.29. The van der Waals surface area contributed by atoms with Gasteiger partial charge in [-0.1, -0.05) is 0 Å². The fourth-order valence-corrected chi connectivity index (χ4v) is 3.52. The molecule has 0 radical (unpaired) electrons. The van der Waals surface area contributed by atoms with Gasteiger partial charge in [-0.3, -0.25) is 9.97 Å². The van der Waals surface area contributed by atoms with Crippen LogP contribution in [0.4, 0.5) is 5.69 Å². The highest BCUT2D eigenvalue weighted by molar-refractivity contribution is 5.89. The first-order valence-electron chi connectivity index (χ1n) is 8.85. The minimum Gasteiger partial charge on any atom is -0.488 e. The summed E-state index contributed by atoms with van der Waals surface area (Å²) in [6, 6.07) is 7.40. The van der Waals surface area contributed by atoms with Crippen molar-refractivity contribution in [3.8, 4) is 11.6 Å². The van der Waals surface area contributed by atoms with E-state index in [0.717, 1.165) is 29.7 Å². The molecule has 136 valence electrons. The zero-order valence-electron chi connectivity index (χ0n) is 15.0. The molecule has 4 aromatic heterocycles. The molecule has 0 aromatic carbocycles. The van der Waals surface area contributed by atoms with Crippen LogP contribution in [0.1, 0.15) is 13.3 Å². The first-order valence-corrected chi connectivity index (χ1v) is 8.85. The lowest BCUT2D eigenvalue weighted by Gasteiger charge is -2.24. The summed E-state index contributed by atoms with van der Waals surface area (Å²) in [5, 5.41) is 0. The number of rotatable bonds is 0. The third-order valence-electron chi connectivity index (χ3n) is 4.93. The minimum absolute atomic E-state index is 0.0282. The van der Waals surface area contributed by atoms with Crippen LogP contribution >= 0.6 is 0 Å². The Morgan fingerprint density at radius 2 is 2.04 bits per heavy atom. The molecule has 0 saturated heterocycles. The average molecular weight is 362 g/mol. The van der Waals surface area contributed by atoms with Crippen LogP contribution in [0.25, 0.3) is 28.0 Å². The maximum atomic E-state index is 12.7. The van der Waals surface area contributed by atoms with Gasteiger partial charge in [0.2, 0.25) is 0 Å². The number of anilines is 1. The van der Waals surface area contributed by atoms with E-state index in [9.17, 15) is 4.79 Å². The topological polar surface area (TPSA) is 88.9 Å². The van der Waals surface area contributed by atoms with Crippen molar-refractivity contribution in [3.63, 3.8) is 0 Å². The molecule has 1 atom stereocenters. The fraction of sp³-hybridized carbons (Fsp3) is 0.263. The Balaban J connectivity index is 1.89. The number of nitrogens with one attached hydrogen (secondary N) is 1. The molecule has 0 saturated carbocycles. The smallest absolute Gasteiger partial charge is 0.333 e. The van der Waals surface area contributed by atoms with Gasteiger partial charge in [-0.15, -0.1) is 0 Å². The number of imidazole rings is 1. The Morgan fingerprint density at radius 1 is 1.19 bits per heavy atom. The second-order valence-electron chi connectivity index (χ2n) is 6.78. The molecule has 5 heterocycles. The molecule has 0 aliphatic carbocycles. The van der Waals surface area contributed by atoms with Gasteiger partial charge in [0.25, 0.3) is 0 Å². The zero-order valence-corrected chi connectivity index (χ0v) is 15.0. The highest BCUT2D eigenvalue weighted by Gasteiger charge is 2.20. The SMILES string of the molecule is C[C@H]1CCN(C)c2ccnc3ccc(nc23)-n2c(=O)[nH]c3nccc(c32)O1. The van der Waals surface area contributed by atoms with Gasteiger partial charge in [0, 0.05) is 38.5 Å². The largest absolute Gasteiger partial charge is 0.488 e. The van der Waals surface area contributed by atoms with Crippen molar-refractivity contribution in [1.82, 2.24) is 24.5 Å². The standard InChI is InChI=1S/C19H18N6O2/c1-11-7-10-24(2)13-5-8-20-12-3-4-15(22-16(12)13)25-17-14(27-11)6-9-21-18(17)23-19(25)26/h3-6,8-9,11H,7,10H2,1-2H3,(H,21,23,26)/t11-/m0/s1. The number of aromatic amines is 1. The second kappa shape index (κ2) is 5.80. The second-order valence-corrected chi connectivity index (χ2v) is 6.78. The normalized spacial score (nSPS) is 17.0. The highest BCUT2D eigenvalue weighted by atomic mass is 16.5. The molecule has 4 aromatic rings. The molecule has 0 fully saturated rings. The Bertz CT molecular complexity index is 1230. The molecule has 1 aliphatic rings. The Morgan fingerprint density at radius 3 is 2.93 bits per heavy atom. The van der Waals surface area contributed by atoms with Gasteiger partial charge >= 0.3 is 5.69 Å². The number of pyridine rings is 3. The van der Waals surface area contributed by atoms with Gasteiger partial charge in [0.05, 0.1) is 17.3 Å². The Kier molecular flexibility index (Phi) is 3.40. The summed E-state index contributed by atoms with van der Waals surface area (Å²) in [6.07, 6.45) is 4.21. The van der Waals surface area contributed by atoms with Crippen molar-refractivity contribution in [1.29, 1.82) is 0 Å². The summed E-state index contributed by atoms with van der Waals surface area (Å²) in [7, 11) is 2.03. The van der Waals surface area contributed by atoms with E-state index in [1.807, 2.05) is 26.1 Å². The van der Waals surface area contributed by atoms with E-state index in [4.69, 9.17) is 9.72 Å². The summed E-state index contributed by atoms with van der Waals surface area (Å²) >= 11 is 0. The van der Waals surface area contributed by atoms with Crippen LogP contribution in [-0.2, 0) is 0 Å². The van der Waals surface area contributed by atoms with E-state index in [2.05, 4.69) is 19.9 Å². The molecule has 0 spiro atoms. The summed E-state index contributed by atoms with van der Waals surface area (Å²) in [4.78, 5) is 31.1. The number of hydrogen-bond donors (Lipinski definition) is 1. The van der Waals surface area contributed by atoms with Crippen LogP contribution in [0.5, 0.6) is 5.75 Å². The lowest BCUT2D eigenvalue weighted by Crippen LogP contribution is -2.25. The quantitative estimate of drug-likeness (QED) is 0.516. The van der Waals surface area contributed by atoms with Crippen molar-refractivity contribution in [2.45, 2.75) is 19.4 Å². The molecule has 8 heteroatoms. The van der Waals surface area contributed by atoms with Gasteiger partial charge in [0.1, 0.15) is 22.6 Å². The van der Waals surface area contributed by atoms with Crippen molar-refractivity contribution >= 4 is 27.9 Å². The number of fused-ring (bicyclic) bond motifs is 2. The fourth-order valence-electron chi connectivity index (χ4n) is 3.52. The summed E-state index contributed by atoms with van der Waals surface area (Å²) < 4.78 is 7.68. The molecular weight excluding hydrogens is 344 g/mol. The van der Waals surface area contributed by atoms with Crippen LogP contribution in [-0.4, -0.2) is 44.2 Å². The summed E-state index contributed by atoms with van der Waals surface area (Å²) in [5.41, 5.74) is 3.30. The zero-order chi connectivity index (χ0) is 18.5. The van der Waals surface area contributed by atoms with Crippen LogP contribution in [0.2, 0.25) is 0 Å². The van der Waals surface area contributed by atoms with Gasteiger partial charge < -0.3 is 9.64 Å². The number of ether oxygens (including phenoxy) is 1. The molecule has 27 heavy (non-hydrogen) atoms. The molecule has 2 bridgehead atoms. The number of H-pyrrole nitrogens is 1. The molecular formula is C19H18N6O2. The summed E-state index contributed by atoms with van der Waals surface area (Å²) in [5.74, 6) is 1.12. The minimum atomic E-state index is -0.302. The van der Waals surface area contributed by atoms with Crippen molar-refractivity contribution in [2.24, 2.45) is 0 Å². The van der Waals surface area contributed by atoms with E-state index in [1.54, 1.807) is 24.5 Å². The monoisotopic (exact) mass is 362 g/mol. The van der Waals surface area contributed by atoms with E-state index in [-0.39, 0.29) is 11.8 Å². The van der Waals surface area contributed by atoms with Gasteiger partial charge in [-0.05, 0) is 25.1 Å². The van der Waals surface area contributed by atoms with Gasteiger partial charge in [-0.2, -0.15) is 0 Å². The predicted molar refractivity (Wildman–Crippen MR) is 103 cm³/mol. The maximum absolute atomic E-state index is 12.7. The predicted octanol–water partition coefficient (Wildman–Crippen LogP) is 2.26. The van der Waals surface area contributed by atoms with Crippen molar-refractivity contribution in [3.05, 3.63) is 47.1 Å². The van der Waals surface area contributed by atoms with Gasteiger partial charge in [-0.25, -0.2) is 19.3 Å². The van der Waals surface area contributed by atoms with Crippen LogP contribution in [0.15, 0.2) is 41.5 Å². The summed E-state index contributed by atoms with van der Waals surface area (Å²) in [6.45, 7) is 2.83. The first kappa shape index (κ1) is 15.8. The lowest BCUT2D eigenvalue weighted by molar-refractivity contribution is 0.215. The molecule has 5 rings (SSSR count). The molecule has 1 N–H and O–H groups in total. The third-order valence-corrected chi connectivity index (χ3v) is 4.93. The first-order chi connectivity index (χ1) is 13.1. The van der Waals surface area contributed by atoms with Crippen LogP contribution in [0, 0.1) is 0 Å². The third kappa shape index (κ3) is 2.44. The molecule has 0 unspecified atom stereocenters. The molecule has 8 nitrogen and oxygen atoms in total. The number of nitrogens with zero attached hydrogens (tertiary/aromatic N) is 5. The lowest BCUT2D eigenvalue weighted by atomic mass is 10.2. The average Bonchev–Trinajstić information content (AvgIpc) is 3.01. The van der Waals surface area contributed by atoms with Gasteiger partial charge in [0.15, 0.2) is 5.65 Å². The van der Waals surface area contributed by atoms with Crippen molar-refractivity contribution < 1.29 is 4.74 Å². The van der Waals surface area contributed by atoms with E-state index in [0.29, 0.717) is 22.7 Å². The van der Waals surface area contributed by atoms with Crippen LogP contribution < -0.4 is 15.3 Å². The van der Waals surface area contributed by atoms with Crippen LogP contribution in [0.3, 0.4) is 0 Å². The molecule has 1 aliphatic heterocycles. The maximum Gasteiger partial charge on any atom is 0.333 e. The van der Waals surface area contributed by atoms with Crippen molar-refractivity contribution in [2.75, 3.05) is 18.5 Å². The van der Waals surface area contributed by atoms with E-state index in [1.165, 1.54) is 4.57 Å². The Hall–Kier alpha value is -3.42. The number of aromatic nitrogens is 5.